The molecule has 2 N–H and O–H groups in total. The number of hydrogen-bond acceptors (Lipinski definition) is 5. The van der Waals surface area contributed by atoms with Crippen molar-refractivity contribution >= 4 is 23.6 Å². The average molecular weight is 421 g/mol. The third kappa shape index (κ3) is 4.16. The number of allylic oxidation sites excluding steroid dienone is 1. The minimum absolute atomic E-state index is 0.0726. The van der Waals surface area contributed by atoms with Crippen LogP contribution in [0.15, 0.2) is 58.8 Å². The normalized spacial score (nSPS) is 13.6. The molecule has 1 aliphatic rings. The predicted molar refractivity (Wildman–Crippen MR) is 114 cm³/mol. The third-order valence-corrected chi connectivity index (χ3v) is 4.90. The number of rotatable bonds is 6. The van der Waals surface area contributed by atoms with Gasteiger partial charge in [0.1, 0.15) is 11.6 Å². The maximum Gasteiger partial charge on any atom is 0.232 e. The molecule has 0 unspecified atom stereocenters. The summed E-state index contributed by atoms with van der Waals surface area (Å²) in [5.74, 6) is 0.292. The third-order valence-electron chi connectivity index (χ3n) is 4.90. The second-order valence-electron chi connectivity index (χ2n) is 6.93. The van der Waals surface area contributed by atoms with Crippen LogP contribution in [0.4, 0.5) is 4.39 Å². The Balaban J connectivity index is 1.73. The molecule has 6 nitrogen and oxygen atoms in total. The van der Waals surface area contributed by atoms with Gasteiger partial charge < -0.3 is 24.3 Å². The fourth-order valence-electron chi connectivity index (χ4n) is 3.47. The number of phenols is 1. The van der Waals surface area contributed by atoms with Crippen LogP contribution < -0.4 is 14.8 Å². The second-order valence-corrected chi connectivity index (χ2v) is 6.93. The zero-order chi connectivity index (χ0) is 22.0. The van der Waals surface area contributed by atoms with E-state index < -0.39 is 0 Å². The van der Waals surface area contributed by atoms with Crippen LogP contribution in [0, 0.1) is 5.82 Å². The van der Waals surface area contributed by atoms with Crippen molar-refractivity contribution in [3.05, 3.63) is 82.7 Å². The molecule has 7 heteroatoms. The highest BCUT2D eigenvalue weighted by Crippen LogP contribution is 2.40. The van der Waals surface area contributed by atoms with E-state index in [0.29, 0.717) is 28.2 Å². The number of phenolic OH excluding ortho intramolecular Hbond substituents is 1. The van der Waals surface area contributed by atoms with Crippen LogP contribution in [0.2, 0.25) is 0 Å². The van der Waals surface area contributed by atoms with Gasteiger partial charge in [-0.15, -0.1) is 0 Å². The van der Waals surface area contributed by atoms with Crippen LogP contribution >= 0.6 is 0 Å². The first-order valence-corrected chi connectivity index (χ1v) is 9.49. The van der Waals surface area contributed by atoms with Crippen molar-refractivity contribution in [3.63, 3.8) is 0 Å². The summed E-state index contributed by atoms with van der Waals surface area (Å²) < 4.78 is 29.5. The predicted octanol–water partition coefficient (Wildman–Crippen LogP) is 4.40. The Hall–Kier alpha value is -4.00. The Kier molecular flexibility index (Phi) is 5.49. The topological polar surface area (TPSA) is 80.9 Å². The minimum atomic E-state index is -0.370. The number of hydrogen-bond donors (Lipinski definition) is 2. The highest BCUT2D eigenvalue weighted by atomic mass is 19.1. The van der Waals surface area contributed by atoms with Crippen LogP contribution in [-0.4, -0.2) is 25.2 Å². The van der Waals surface area contributed by atoms with Crippen molar-refractivity contribution in [2.75, 3.05) is 14.2 Å². The average Bonchev–Trinajstić information content (AvgIpc) is 3.36. The summed E-state index contributed by atoms with van der Waals surface area (Å²) in [5.41, 5.74) is 3.31. The summed E-state index contributed by atoms with van der Waals surface area (Å²) in [6, 6.07) is 11.2. The summed E-state index contributed by atoms with van der Waals surface area (Å²) in [6.07, 6.45) is 5.11. The number of fused-ring (bicyclic) bond motifs is 1. The van der Waals surface area contributed by atoms with Gasteiger partial charge in [0.25, 0.3) is 0 Å². The Morgan fingerprint density at radius 2 is 1.90 bits per heavy atom. The smallest absolute Gasteiger partial charge is 0.232 e. The van der Waals surface area contributed by atoms with Gasteiger partial charge in [-0.25, -0.2) is 4.39 Å². The highest BCUT2D eigenvalue weighted by Gasteiger charge is 2.22. The monoisotopic (exact) mass is 421 g/mol. The first-order valence-electron chi connectivity index (χ1n) is 9.49. The second kappa shape index (κ2) is 8.39. The van der Waals surface area contributed by atoms with Crippen LogP contribution in [0.1, 0.15) is 22.5 Å². The number of carbonyl (C=O) groups is 1. The zero-order valence-corrected chi connectivity index (χ0v) is 16.9. The van der Waals surface area contributed by atoms with Gasteiger partial charge in [0, 0.05) is 11.3 Å². The van der Waals surface area contributed by atoms with Crippen LogP contribution in [0.3, 0.4) is 0 Å². The number of benzene rings is 2. The number of furan rings is 1. The number of aromatic hydroxyl groups is 1. The van der Waals surface area contributed by atoms with Gasteiger partial charge in [-0.1, -0.05) is 6.07 Å². The Labute approximate surface area is 178 Å². The Morgan fingerprint density at radius 3 is 2.55 bits per heavy atom. The molecule has 31 heavy (non-hydrogen) atoms. The van der Waals surface area contributed by atoms with Crippen molar-refractivity contribution < 1.29 is 28.2 Å². The minimum Gasteiger partial charge on any atom is -0.502 e. The molecule has 0 saturated heterocycles. The number of ether oxygens (including phenoxy) is 2. The van der Waals surface area contributed by atoms with Gasteiger partial charge in [0.2, 0.25) is 11.7 Å². The molecule has 1 aliphatic carbocycles. The van der Waals surface area contributed by atoms with Gasteiger partial charge in [-0.3, -0.25) is 4.79 Å². The molecular formula is C24H20FNO5. The fourth-order valence-corrected chi connectivity index (χ4v) is 3.47. The molecule has 1 heterocycles. The standard InChI is InChI=1S/C24H20FNO5/c1-29-21-9-14(10-22(30-2)24(21)28)8-19-18-6-5-16(25)11-15(18)12-20(19)26-23(27)13-17-4-3-7-31-17/h3-12,28H,13H2,1-2H3,(H,26,27). The number of nitrogens with one attached hydrogen (secondary N) is 1. The first-order chi connectivity index (χ1) is 15.0. The molecule has 4 rings (SSSR count). The molecule has 3 aromatic rings. The summed E-state index contributed by atoms with van der Waals surface area (Å²) >= 11 is 0. The molecule has 0 saturated carbocycles. The maximum absolute atomic E-state index is 13.8. The van der Waals surface area contributed by atoms with E-state index in [1.807, 2.05) is 6.08 Å². The van der Waals surface area contributed by atoms with Gasteiger partial charge in [-0.05, 0) is 65.2 Å². The molecule has 2 aromatic carbocycles. The number of carbonyl (C=O) groups excluding carboxylic acids is 1. The lowest BCUT2D eigenvalue weighted by atomic mass is 10.0. The van der Waals surface area contributed by atoms with E-state index in [-0.39, 0.29) is 35.4 Å². The number of methoxy groups -OCH3 is 2. The lowest BCUT2D eigenvalue weighted by molar-refractivity contribution is -0.119. The Bertz CT molecular complexity index is 1170. The molecule has 158 valence electrons. The number of amides is 1. The number of halogens is 1. The molecule has 0 spiro atoms. The van der Waals surface area contributed by atoms with Crippen LogP contribution in [0.25, 0.3) is 17.7 Å². The molecular weight excluding hydrogens is 401 g/mol. The van der Waals surface area contributed by atoms with E-state index >= 15 is 0 Å². The van der Waals surface area contributed by atoms with E-state index in [1.54, 1.807) is 36.4 Å². The first kappa shape index (κ1) is 20.3. The highest BCUT2D eigenvalue weighted by molar-refractivity contribution is 6.03. The van der Waals surface area contributed by atoms with E-state index in [4.69, 9.17) is 13.9 Å². The van der Waals surface area contributed by atoms with Crippen molar-refractivity contribution in [2.24, 2.45) is 0 Å². The SMILES string of the molecule is COc1cc(C=C2C(NC(=O)Cc3ccco3)=Cc3cc(F)ccc32)cc(OC)c1O. The lowest BCUT2D eigenvalue weighted by Gasteiger charge is -2.12. The molecule has 0 atom stereocenters. The molecule has 0 fully saturated rings. The van der Waals surface area contributed by atoms with Crippen molar-refractivity contribution in [1.29, 1.82) is 0 Å². The molecule has 0 aliphatic heterocycles. The maximum atomic E-state index is 13.8. The van der Waals surface area contributed by atoms with Crippen LogP contribution in [0.5, 0.6) is 17.2 Å². The fraction of sp³-hybridized carbons (Fsp3) is 0.125. The van der Waals surface area contributed by atoms with E-state index in [1.165, 1.54) is 32.6 Å². The van der Waals surface area contributed by atoms with E-state index in [9.17, 15) is 14.3 Å². The summed E-state index contributed by atoms with van der Waals surface area (Å²) in [5, 5.41) is 13.0. The lowest BCUT2D eigenvalue weighted by Crippen LogP contribution is -2.24. The molecule has 0 radical (unpaired) electrons. The van der Waals surface area contributed by atoms with Gasteiger partial charge in [0.15, 0.2) is 11.5 Å². The zero-order valence-electron chi connectivity index (χ0n) is 16.9. The largest absolute Gasteiger partial charge is 0.502 e. The van der Waals surface area contributed by atoms with E-state index in [2.05, 4.69) is 5.32 Å². The van der Waals surface area contributed by atoms with Crippen molar-refractivity contribution in [3.8, 4) is 17.2 Å². The van der Waals surface area contributed by atoms with Crippen LogP contribution in [-0.2, 0) is 11.2 Å². The van der Waals surface area contributed by atoms with Gasteiger partial charge >= 0.3 is 0 Å². The van der Waals surface area contributed by atoms with Gasteiger partial charge in [-0.2, -0.15) is 0 Å². The Morgan fingerprint density at radius 1 is 1.16 bits per heavy atom. The molecule has 0 bridgehead atoms. The summed E-state index contributed by atoms with van der Waals surface area (Å²) in [4.78, 5) is 12.5. The quantitative estimate of drug-likeness (QED) is 0.617. The molecule has 1 amide bonds. The van der Waals surface area contributed by atoms with Gasteiger partial charge in [0.05, 0.1) is 26.9 Å². The van der Waals surface area contributed by atoms with Crippen molar-refractivity contribution in [2.45, 2.75) is 6.42 Å². The van der Waals surface area contributed by atoms with Crippen molar-refractivity contribution in [1.82, 2.24) is 5.32 Å². The molecule has 1 aromatic heterocycles. The summed E-state index contributed by atoms with van der Waals surface area (Å²) in [7, 11) is 2.89. The van der Waals surface area contributed by atoms with E-state index in [0.717, 1.165) is 5.56 Å². The summed E-state index contributed by atoms with van der Waals surface area (Å²) in [6.45, 7) is 0.